The number of esters is 1. The third-order valence-electron chi connectivity index (χ3n) is 3.19. The molecule has 25 heavy (non-hydrogen) atoms. The SMILES string of the molecule is CCOc1ccccc1NC(=O)COC(=O)[C@H](C)Sc1ccccc1. The molecule has 1 N–H and O–H groups in total. The fourth-order valence-corrected chi connectivity index (χ4v) is 2.93. The molecule has 2 aromatic rings. The first-order valence-corrected chi connectivity index (χ1v) is 8.88. The average molecular weight is 359 g/mol. The smallest absolute Gasteiger partial charge is 0.319 e. The fourth-order valence-electron chi connectivity index (χ4n) is 2.04. The second-order valence-electron chi connectivity index (χ2n) is 5.16. The summed E-state index contributed by atoms with van der Waals surface area (Å²) in [4.78, 5) is 25.0. The Hall–Kier alpha value is -2.47. The first-order valence-electron chi connectivity index (χ1n) is 8.00. The molecule has 0 aromatic heterocycles. The van der Waals surface area contributed by atoms with Crippen LogP contribution in [-0.2, 0) is 14.3 Å². The predicted molar refractivity (Wildman–Crippen MR) is 99.0 cm³/mol. The number of rotatable bonds is 8. The van der Waals surface area contributed by atoms with Crippen LogP contribution in [0.5, 0.6) is 5.75 Å². The maximum atomic E-state index is 12.0. The number of nitrogens with one attached hydrogen (secondary N) is 1. The highest BCUT2D eigenvalue weighted by molar-refractivity contribution is 8.00. The summed E-state index contributed by atoms with van der Waals surface area (Å²) in [5, 5.41) is 2.29. The first kappa shape index (κ1) is 18.9. The van der Waals surface area contributed by atoms with Crippen molar-refractivity contribution in [1.82, 2.24) is 0 Å². The second kappa shape index (κ2) is 9.74. The standard InChI is InChI=1S/C19H21NO4S/c1-3-23-17-12-8-7-11-16(17)20-18(21)13-24-19(22)14(2)25-15-9-5-4-6-10-15/h4-12,14H,3,13H2,1-2H3,(H,20,21)/t14-/m0/s1. The molecule has 5 nitrogen and oxygen atoms in total. The third kappa shape index (κ3) is 6.15. The number of thioether (sulfide) groups is 1. The maximum Gasteiger partial charge on any atom is 0.319 e. The van der Waals surface area contributed by atoms with E-state index in [1.807, 2.05) is 43.3 Å². The summed E-state index contributed by atoms with van der Waals surface area (Å²) in [7, 11) is 0. The Labute approximate surface area is 151 Å². The highest BCUT2D eigenvalue weighted by Crippen LogP contribution is 2.24. The largest absolute Gasteiger partial charge is 0.492 e. The van der Waals surface area contributed by atoms with Gasteiger partial charge in [-0.15, -0.1) is 11.8 Å². The maximum absolute atomic E-state index is 12.0. The molecular formula is C19H21NO4S. The fraction of sp³-hybridized carbons (Fsp3) is 0.263. The van der Waals surface area contributed by atoms with Crippen LogP contribution in [0.1, 0.15) is 13.8 Å². The lowest BCUT2D eigenvalue weighted by Crippen LogP contribution is -2.25. The van der Waals surface area contributed by atoms with Crippen LogP contribution < -0.4 is 10.1 Å². The summed E-state index contributed by atoms with van der Waals surface area (Å²) in [5.41, 5.74) is 0.553. The van der Waals surface area contributed by atoms with Gasteiger partial charge < -0.3 is 14.8 Å². The van der Waals surface area contributed by atoms with E-state index in [1.165, 1.54) is 11.8 Å². The number of benzene rings is 2. The molecule has 6 heteroatoms. The van der Waals surface area contributed by atoms with Gasteiger partial charge in [0.15, 0.2) is 6.61 Å². The molecule has 0 saturated heterocycles. The Kier molecular flexibility index (Phi) is 7.35. The van der Waals surface area contributed by atoms with Crippen molar-refractivity contribution in [3.05, 3.63) is 54.6 Å². The van der Waals surface area contributed by atoms with Crippen molar-refractivity contribution in [3.63, 3.8) is 0 Å². The lowest BCUT2D eigenvalue weighted by Gasteiger charge is -2.13. The van der Waals surface area contributed by atoms with E-state index in [-0.39, 0.29) is 6.61 Å². The Balaban J connectivity index is 1.82. The van der Waals surface area contributed by atoms with Crippen molar-refractivity contribution in [2.45, 2.75) is 24.0 Å². The Bertz CT molecular complexity index is 706. The van der Waals surface area contributed by atoms with Gasteiger partial charge >= 0.3 is 5.97 Å². The number of para-hydroxylation sites is 2. The normalized spacial score (nSPS) is 11.4. The van der Waals surface area contributed by atoms with Gasteiger partial charge in [-0.1, -0.05) is 30.3 Å². The number of amides is 1. The minimum Gasteiger partial charge on any atom is -0.492 e. The molecule has 0 bridgehead atoms. The van der Waals surface area contributed by atoms with E-state index in [9.17, 15) is 9.59 Å². The van der Waals surface area contributed by atoms with Crippen molar-refractivity contribution < 1.29 is 19.1 Å². The molecule has 0 spiro atoms. The summed E-state index contributed by atoms with van der Waals surface area (Å²) in [6.45, 7) is 3.78. The van der Waals surface area contributed by atoms with Gasteiger partial charge in [0.25, 0.3) is 5.91 Å². The van der Waals surface area contributed by atoms with Crippen molar-refractivity contribution in [2.75, 3.05) is 18.5 Å². The van der Waals surface area contributed by atoms with Crippen molar-refractivity contribution in [2.24, 2.45) is 0 Å². The number of carbonyl (C=O) groups is 2. The lowest BCUT2D eigenvalue weighted by atomic mass is 10.3. The van der Waals surface area contributed by atoms with Gasteiger partial charge in [-0.05, 0) is 38.1 Å². The Morgan fingerprint density at radius 3 is 2.48 bits per heavy atom. The van der Waals surface area contributed by atoms with Crippen LogP contribution in [0.2, 0.25) is 0 Å². The van der Waals surface area contributed by atoms with E-state index in [0.29, 0.717) is 18.0 Å². The first-order chi connectivity index (χ1) is 12.1. The lowest BCUT2D eigenvalue weighted by molar-refractivity contribution is -0.146. The van der Waals surface area contributed by atoms with Crippen LogP contribution >= 0.6 is 11.8 Å². The highest BCUT2D eigenvalue weighted by Gasteiger charge is 2.17. The average Bonchev–Trinajstić information content (AvgIpc) is 2.62. The monoisotopic (exact) mass is 359 g/mol. The minimum absolute atomic E-state index is 0.334. The number of ether oxygens (including phenoxy) is 2. The molecule has 0 fully saturated rings. The minimum atomic E-state index is -0.429. The number of hydrogen-bond donors (Lipinski definition) is 1. The van der Waals surface area contributed by atoms with Gasteiger partial charge in [-0.3, -0.25) is 9.59 Å². The summed E-state index contributed by atoms with van der Waals surface area (Å²) in [6, 6.07) is 16.7. The molecule has 0 saturated carbocycles. The molecular weight excluding hydrogens is 338 g/mol. The highest BCUT2D eigenvalue weighted by atomic mass is 32.2. The van der Waals surface area contributed by atoms with Gasteiger partial charge in [-0.2, -0.15) is 0 Å². The summed E-state index contributed by atoms with van der Waals surface area (Å²) in [5.74, 6) is -0.253. The number of hydrogen-bond acceptors (Lipinski definition) is 5. The van der Waals surface area contributed by atoms with Crippen molar-refractivity contribution in [1.29, 1.82) is 0 Å². The molecule has 0 aliphatic heterocycles. The Morgan fingerprint density at radius 1 is 1.08 bits per heavy atom. The van der Waals surface area contributed by atoms with E-state index in [1.54, 1.807) is 25.1 Å². The molecule has 0 radical (unpaired) electrons. The van der Waals surface area contributed by atoms with Crippen LogP contribution in [-0.4, -0.2) is 30.3 Å². The van der Waals surface area contributed by atoms with Crippen LogP contribution in [0.4, 0.5) is 5.69 Å². The molecule has 0 aliphatic carbocycles. The zero-order chi connectivity index (χ0) is 18.1. The van der Waals surface area contributed by atoms with E-state index < -0.39 is 17.1 Å². The quantitative estimate of drug-likeness (QED) is 0.574. The van der Waals surface area contributed by atoms with Gasteiger partial charge in [0.2, 0.25) is 0 Å². The van der Waals surface area contributed by atoms with Gasteiger partial charge in [-0.25, -0.2) is 0 Å². The van der Waals surface area contributed by atoms with E-state index in [4.69, 9.17) is 9.47 Å². The zero-order valence-corrected chi connectivity index (χ0v) is 15.0. The third-order valence-corrected chi connectivity index (χ3v) is 4.28. The van der Waals surface area contributed by atoms with Gasteiger partial charge in [0.1, 0.15) is 11.0 Å². The molecule has 1 amide bonds. The summed E-state index contributed by atoms with van der Waals surface area (Å²) < 4.78 is 10.5. The van der Waals surface area contributed by atoms with Crippen LogP contribution in [0.3, 0.4) is 0 Å². The van der Waals surface area contributed by atoms with Crippen molar-refractivity contribution in [3.8, 4) is 5.75 Å². The number of anilines is 1. The molecule has 2 aromatic carbocycles. The molecule has 2 rings (SSSR count). The molecule has 1 atom stereocenters. The van der Waals surface area contributed by atoms with Crippen molar-refractivity contribution >= 4 is 29.3 Å². The zero-order valence-electron chi connectivity index (χ0n) is 14.2. The van der Waals surface area contributed by atoms with Gasteiger partial charge in [0, 0.05) is 4.90 Å². The number of carbonyl (C=O) groups excluding carboxylic acids is 2. The topological polar surface area (TPSA) is 64.6 Å². The molecule has 132 valence electrons. The Morgan fingerprint density at radius 2 is 1.76 bits per heavy atom. The second-order valence-corrected chi connectivity index (χ2v) is 6.57. The van der Waals surface area contributed by atoms with Crippen LogP contribution in [0, 0.1) is 0 Å². The van der Waals surface area contributed by atoms with Crippen LogP contribution in [0.25, 0.3) is 0 Å². The van der Waals surface area contributed by atoms with E-state index in [2.05, 4.69) is 5.32 Å². The van der Waals surface area contributed by atoms with Gasteiger partial charge in [0.05, 0.1) is 12.3 Å². The van der Waals surface area contributed by atoms with E-state index >= 15 is 0 Å². The van der Waals surface area contributed by atoms with Crippen LogP contribution in [0.15, 0.2) is 59.5 Å². The molecule has 0 aliphatic rings. The summed E-state index contributed by atoms with van der Waals surface area (Å²) in [6.07, 6.45) is 0. The molecule has 0 heterocycles. The predicted octanol–water partition coefficient (Wildman–Crippen LogP) is 3.75. The van der Waals surface area contributed by atoms with E-state index in [0.717, 1.165) is 4.90 Å². The summed E-state index contributed by atoms with van der Waals surface area (Å²) >= 11 is 1.39. The molecule has 0 unspecified atom stereocenters.